The fourth-order valence-electron chi connectivity index (χ4n) is 1.10. The molecule has 0 aromatic heterocycles. The third-order valence-electron chi connectivity index (χ3n) is 2.06. The van der Waals surface area contributed by atoms with Gasteiger partial charge in [-0.1, -0.05) is 26.2 Å². The van der Waals surface area contributed by atoms with Gasteiger partial charge in [-0.3, -0.25) is 9.59 Å². The molecule has 0 fully saturated rings. The Hall–Kier alpha value is -1.06. The maximum absolute atomic E-state index is 11.2. The summed E-state index contributed by atoms with van der Waals surface area (Å²) in [6.07, 6.45) is 4.73. The van der Waals surface area contributed by atoms with Crippen molar-refractivity contribution in [2.45, 2.75) is 52.0 Å². The van der Waals surface area contributed by atoms with Crippen LogP contribution >= 0.6 is 0 Å². The molecule has 0 rings (SSSR count). The lowest BCUT2D eigenvalue weighted by molar-refractivity contribution is -0.127. The predicted molar refractivity (Wildman–Crippen MR) is 55.6 cm³/mol. The summed E-state index contributed by atoms with van der Waals surface area (Å²) in [6.45, 7) is 3.71. The number of unbranched alkanes of at least 4 members (excludes halogenated alkanes) is 3. The van der Waals surface area contributed by atoms with E-state index in [1.165, 1.54) is 0 Å². The average molecular weight is 200 g/mol. The maximum Gasteiger partial charge on any atom is 0.239 e. The minimum atomic E-state index is -0.561. The molecule has 14 heavy (non-hydrogen) atoms. The lowest BCUT2D eigenvalue weighted by atomic mass is 10.1. The molecule has 0 saturated carbocycles. The second kappa shape index (κ2) is 7.35. The molecule has 0 heterocycles. The van der Waals surface area contributed by atoms with Crippen LogP contribution in [0.1, 0.15) is 46.0 Å². The van der Waals surface area contributed by atoms with E-state index in [1.807, 2.05) is 0 Å². The summed E-state index contributed by atoms with van der Waals surface area (Å²) in [7, 11) is 0. The van der Waals surface area contributed by atoms with Crippen molar-refractivity contribution in [3.8, 4) is 0 Å². The second-order valence-electron chi connectivity index (χ2n) is 3.50. The standard InChI is InChI=1S/C10H20N2O2/c1-3-4-5-6-7-9(13)12-8(2)10(11)14/h8H,3-7H2,1-2H3,(H2,11,14)(H,12,13)/t8-/m0/s1. The Kier molecular flexibility index (Phi) is 6.80. The van der Waals surface area contributed by atoms with E-state index < -0.39 is 11.9 Å². The van der Waals surface area contributed by atoms with Gasteiger partial charge in [-0.2, -0.15) is 0 Å². The first-order chi connectivity index (χ1) is 6.57. The minimum Gasteiger partial charge on any atom is -0.368 e. The number of rotatable bonds is 7. The predicted octanol–water partition coefficient (Wildman–Crippen LogP) is 0.947. The second-order valence-corrected chi connectivity index (χ2v) is 3.50. The van der Waals surface area contributed by atoms with E-state index in [-0.39, 0.29) is 5.91 Å². The van der Waals surface area contributed by atoms with Crippen LogP contribution in [0.25, 0.3) is 0 Å². The zero-order valence-electron chi connectivity index (χ0n) is 9.01. The van der Waals surface area contributed by atoms with Crippen LogP contribution in [0, 0.1) is 0 Å². The quantitative estimate of drug-likeness (QED) is 0.600. The van der Waals surface area contributed by atoms with Gasteiger partial charge in [0.05, 0.1) is 0 Å². The molecule has 82 valence electrons. The molecule has 0 aromatic rings. The molecule has 4 nitrogen and oxygen atoms in total. The van der Waals surface area contributed by atoms with E-state index in [0.29, 0.717) is 6.42 Å². The van der Waals surface area contributed by atoms with Crippen LogP contribution in [-0.4, -0.2) is 17.9 Å². The molecule has 0 saturated heterocycles. The van der Waals surface area contributed by atoms with Crippen molar-refractivity contribution in [3.63, 3.8) is 0 Å². The number of hydrogen-bond donors (Lipinski definition) is 2. The van der Waals surface area contributed by atoms with E-state index in [2.05, 4.69) is 12.2 Å². The lowest BCUT2D eigenvalue weighted by Gasteiger charge is -2.09. The van der Waals surface area contributed by atoms with Gasteiger partial charge in [-0.05, 0) is 13.3 Å². The summed E-state index contributed by atoms with van der Waals surface area (Å²) in [5.74, 6) is -0.584. The third kappa shape index (κ3) is 6.46. The van der Waals surface area contributed by atoms with E-state index in [9.17, 15) is 9.59 Å². The molecular weight excluding hydrogens is 180 g/mol. The highest BCUT2D eigenvalue weighted by atomic mass is 16.2. The van der Waals surface area contributed by atoms with Gasteiger partial charge in [-0.15, -0.1) is 0 Å². The number of primary amides is 1. The van der Waals surface area contributed by atoms with Crippen LogP contribution in [0.15, 0.2) is 0 Å². The van der Waals surface area contributed by atoms with Crippen LogP contribution in [-0.2, 0) is 9.59 Å². The number of nitrogens with two attached hydrogens (primary N) is 1. The molecule has 1 atom stereocenters. The number of nitrogens with one attached hydrogen (secondary N) is 1. The smallest absolute Gasteiger partial charge is 0.239 e. The first-order valence-electron chi connectivity index (χ1n) is 5.16. The SMILES string of the molecule is CCCCCCC(=O)N[C@@H](C)C(N)=O. The van der Waals surface area contributed by atoms with Gasteiger partial charge >= 0.3 is 0 Å². The summed E-state index contributed by atoms with van der Waals surface area (Å²) in [5.41, 5.74) is 5.01. The van der Waals surface area contributed by atoms with Gasteiger partial charge < -0.3 is 11.1 Å². The third-order valence-corrected chi connectivity index (χ3v) is 2.06. The Morgan fingerprint density at radius 1 is 1.29 bits per heavy atom. The summed E-state index contributed by atoms with van der Waals surface area (Å²) in [6, 6.07) is -0.561. The molecular formula is C10H20N2O2. The monoisotopic (exact) mass is 200 g/mol. The van der Waals surface area contributed by atoms with Gasteiger partial charge in [0.25, 0.3) is 0 Å². The van der Waals surface area contributed by atoms with E-state index >= 15 is 0 Å². The number of carbonyl (C=O) groups is 2. The normalized spacial score (nSPS) is 12.1. The molecule has 0 bridgehead atoms. The largest absolute Gasteiger partial charge is 0.368 e. The number of hydrogen-bond acceptors (Lipinski definition) is 2. The summed E-state index contributed by atoms with van der Waals surface area (Å²) in [4.78, 5) is 21.8. The first kappa shape index (κ1) is 12.9. The van der Waals surface area contributed by atoms with Crippen molar-refractivity contribution in [2.75, 3.05) is 0 Å². The molecule has 0 aromatic carbocycles. The van der Waals surface area contributed by atoms with E-state index in [1.54, 1.807) is 6.92 Å². The highest BCUT2D eigenvalue weighted by Gasteiger charge is 2.10. The molecule has 2 amide bonds. The van der Waals surface area contributed by atoms with Gasteiger partial charge in [-0.25, -0.2) is 0 Å². The Morgan fingerprint density at radius 3 is 2.43 bits per heavy atom. The maximum atomic E-state index is 11.2. The van der Waals surface area contributed by atoms with Crippen molar-refractivity contribution in [1.82, 2.24) is 5.32 Å². The number of carbonyl (C=O) groups excluding carboxylic acids is 2. The van der Waals surface area contributed by atoms with Crippen molar-refractivity contribution < 1.29 is 9.59 Å². The Bertz CT molecular complexity index is 193. The first-order valence-corrected chi connectivity index (χ1v) is 5.16. The van der Waals surface area contributed by atoms with Gasteiger partial charge in [0.15, 0.2) is 0 Å². The summed E-state index contributed by atoms with van der Waals surface area (Å²) < 4.78 is 0. The topological polar surface area (TPSA) is 72.2 Å². The molecule has 0 aliphatic rings. The van der Waals surface area contributed by atoms with Crippen LogP contribution in [0.5, 0.6) is 0 Å². The molecule has 0 radical (unpaired) electrons. The van der Waals surface area contributed by atoms with Crippen molar-refractivity contribution in [1.29, 1.82) is 0 Å². The van der Waals surface area contributed by atoms with Gasteiger partial charge in [0.1, 0.15) is 6.04 Å². The molecule has 0 aliphatic heterocycles. The van der Waals surface area contributed by atoms with Crippen molar-refractivity contribution in [2.24, 2.45) is 5.73 Å². The zero-order valence-corrected chi connectivity index (χ0v) is 9.01. The molecule has 4 heteroatoms. The van der Waals surface area contributed by atoms with Crippen LogP contribution in [0.4, 0.5) is 0 Å². The van der Waals surface area contributed by atoms with E-state index in [0.717, 1.165) is 25.7 Å². The van der Waals surface area contributed by atoms with Gasteiger partial charge in [0.2, 0.25) is 11.8 Å². The minimum absolute atomic E-state index is 0.0904. The van der Waals surface area contributed by atoms with E-state index in [4.69, 9.17) is 5.73 Å². The summed E-state index contributed by atoms with van der Waals surface area (Å²) >= 11 is 0. The zero-order chi connectivity index (χ0) is 11.0. The highest BCUT2D eigenvalue weighted by molar-refractivity contribution is 5.86. The molecule has 0 aliphatic carbocycles. The Balaban J connectivity index is 3.50. The van der Waals surface area contributed by atoms with Crippen molar-refractivity contribution >= 4 is 11.8 Å². The Labute approximate surface area is 85.2 Å². The molecule has 0 unspecified atom stereocenters. The fraction of sp³-hybridized carbons (Fsp3) is 0.800. The van der Waals surface area contributed by atoms with Crippen LogP contribution < -0.4 is 11.1 Å². The van der Waals surface area contributed by atoms with Crippen LogP contribution in [0.2, 0.25) is 0 Å². The van der Waals surface area contributed by atoms with Crippen LogP contribution in [0.3, 0.4) is 0 Å². The van der Waals surface area contributed by atoms with Crippen molar-refractivity contribution in [3.05, 3.63) is 0 Å². The molecule has 0 spiro atoms. The Morgan fingerprint density at radius 2 is 1.93 bits per heavy atom. The fourth-order valence-corrected chi connectivity index (χ4v) is 1.10. The highest BCUT2D eigenvalue weighted by Crippen LogP contribution is 2.02. The lowest BCUT2D eigenvalue weighted by Crippen LogP contribution is -2.42. The van der Waals surface area contributed by atoms with Gasteiger partial charge in [0, 0.05) is 6.42 Å². The molecule has 3 N–H and O–H groups in total. The summed E-state index contributed by atoms with van der Waals surface area (Å²) in [5, 5.41) is 2.54. The number of amides is 2. The average Bonchev–Trinajstić information content (AvgIpc) is 2.12.